The molecule has 1 aromatic carbocycles. The van der Waals surface area contributed by atoms with Gasteiger partial charge >= 0.3 is 0 Å². The van der Waals surface area contributed by atoms with Crippen LogP contribution in [0.25, 0.3) is 0 Å². The van der Waals surface area contributed by atoms with E-state index in [1.807, 2.05) is 0 Å². The average Bonchev–Trinajstić information content (AvgIpc) is 3.07. The van der Waals surface area contributed by atoms with Crippen molar-refractivity contribution in [2.75, 3.05) is 0 Å². The van der Waals surface area contributed by atoms with E-state index in [1.54, 1.807) is 23.9 Å². The van der Waals surface area contributed by atoms with Crippen LogP contribution in [0.1, 0.15) is 36.9 Å². The molecule has 1 saturated carbocycles. The number of halogens is 1. The molecule has 1 heterocycles. The molecule has 4 nitrogen and oxygen atoms in total. The van der Waals surface area contributed by atoms with Gasteiger partial charge in [0.05, 0.1) is 5.75 Å². The lowest BCUT2D eigenvalue weighted by Gasteiger charge is -2.01. The Balaban J connectivity index is 1.58. The van der Waals surface area contributed by atoms with Crippen LogP contribution in [0, 0.1) is 5.82 Å². The Morgan fingerprint density at radius 3 is 2.80 bits per heavy atom. The molecule has 0 unspecified atom stereocenters. The Hall–Kier alpha value is -1.40. The van der Waals surface area contributed by atoms with Crippen LogP contribution < -0.4 is 5.73 Å². The normalized spacial score (nSPS) is 22.3. The summed E-state index contributed by atoms with van der Waals surface area (Å²) in [6.07, 6.45) is 2.97. The Bertz CT molecular complexity index is 572. The predicted molar refractivity (Wildman–Crippen MR) is 74.8 cm³/mol. The molecule has 1 fully saturated rings. The first-order chi connectivity index (χ1) is 9.70. The Labute approximate surface area is 120 Å². The van der Waals surface area contributed by atoms with Gasteiger partial charge in [-0.2, -0.15) is 4.98 Å². The van der Waals surface area contributed by atoms with Crippen LogP contribution in [0.4, 0.5) is 4.39 Å². The van der Waals surface area contributed by atoms with Crippen LogP contribution >= 0.6 is 11.8 Å². The molecule has 6 heteroatoms. The third kappa shape index (κ3) is 3.19. The molecule has 1 aromatic heterocycles. The van der Waals surface area contributed by atoms with Crippen LogP contribution in [-0.4, -0.2) is 16.2 Å². The summed E-state index contributed by atoms with van der Waals surface area (Å²) in [7, 11) is 0. The zero-order valence-electron chi connectivity index (χ0n) is 11.0. The zero-order valence-corrected chi connectivity index (χ0v) is 11.8. The lowest BCUT2D eigenvalue weighted by Crippen LogP contribution is -2.14. The van der Waals surface area contributed by atoms with E-state index in [0.717, 1.165) is 24.2 Å². The lowest BCUT2D eigenvalue weighted by atomic mass is 10.1. The molecule has 1 aliphatic rings. The van der Waals surface area contributed by atoms with Gasteiger partial charge in [-0.1, -0.05) is 5.16 Å². The molecule has 0 amide bonds. The third-order valence-corrected chi connectivity index (χ3v) is 4.50. The molecule has 2 atom stereocenters. The summed E-state index contributed by atoms with van der Waals surface area (Å²) in [5.41, 5.74) is 5.89. The van der Waals surface area contributed by atoms with Gasteiger partial charge in [0.1, 0.15) is 5.82 Å². The molecule has 1 aliphatic carbocycles. The number of nitrogens with zero attached hydrogens (tertiary/aromatic N) is 2. The van der Waals surface area contributed by atoms with Gasteiger partial charge in [0.15, 0.2) is 5.82 Å². The van der Waals surface area contributed by atoms with Gasteiger partial charge in [0.2, 0.25) is 5.89 Å². The molecule has 0 radical (unpaired) electrons. The fourth-order valence-corrected chi connectivity index (χ4v) is 3.15. The summed E-state index contributed by atoms with van der Waals surface area (Å²) in [4.78, 5) is 5.42. The summed E-state index contributed by atoms with van der Waals surface area (Å²) in [6.45, 7) is 0. The summed E-state index contributed by atoms with van der Waals surface area (Å²) in [6, 6.07) is 6.64. The van der Waals surface area contributed by atoms with E-state index < -0.39 is 0 Å². The molecular formula is C14H16FN3OS. The second-order valence-corrected chi connectivity index (χ2v) is 6.11. The topological polar surface area (TPSA) is 64.9 Å². The standard InChI is InChI=1S/C14H16FN3OS/c15-10-2-5-12(6-3-10)20-8-13-17-14(19-18-13)9-1-4-11(16)7-9/h2-3,5-6,9,11H,1,4,7-8,16H2/t9-,11+/m1/s1. The van der Waals surface area contributed by atoms with E-state index in [0.29, 0.717) is 23.4 Å². The largest absolute Gasteiger partial charge is 0.339 e. The number of hydrogen-bond donors (Lipinski definition) is 1. The van der Waals surface area contributed by atoms with Gasteiger partial charge in [-0.3, -0.25) is 0 Å². The quantitative estimate of drug-likeness (QED) is 0.877. The maximum Gasteiger partial charge on any atom is 0.229 e. The van der Waals surface area contributed by atoms with Crippen molar-refractivity contribution in [2.45, 2.75) is 41.9 Å². The van der Waals surface area contributed by atoms with Gasteiger partial charge in [0.25, 0.3) is 0 Å². The van der Waals surface area contributed by atoms with Crippen molar-refractivity contribution in [1.29, 1.82) is 0 Å². The van der Waals surface area contributed by atoms with Crippen LogP contribution in [0.2, 0.25) is 0 Å². The van der Waals surface area contributed by atoms with Crippen molar-refractivity contribution in [3.63, 3.8) is 0 Å². The summed E-state index contributed by atoms with van der Waals surface area (Å²) < 4.78 is 18.1. The van der Waals surface area contributed by atoms with Crippen LogP contribution in [0.5, 0.6) is 0 Å². The minimum atomic E-state index is -0.228. The van der Waals surface area contributed by atoms with E-state index in [-0.39, 0.29) is 11.9 Å². The second kappa shape index (κ2) is 5.93. The number of aromatic nitrogens is 2. The van der Waals surface area contributed by atoms with Crippen molar-refractivity contribution in [3.05, 3.63) is 41.8 Å². The highest BCUT2D eigenvalue weighted by Gasteiger charge is 2.27. The lowest BCUT2D eigenvalue weighted by molar-refractivity contribution is 0.350. The van der Waals surface area contributed by atoms with Gasteiger partial charge in [-0.25, -0.2) is 4.39 Å². The number of rotatable bonds is 4. The Kier molecular flexibility index (Phi) is 4.03. The molecule has 2 N–H and O–H groups in total. The third-order valence-electron chi connectivity index (χ3n) is 3.49. The average molecular weight is 293 g/mol. The van der Waals surface area contributed by atoms with E-state index in [4.69, 9.17) is 10.3 Å². The molecule has 20 heavy (non-hydrogen) atoms. The van der Waals surface area contributed by atoms with E-state index >= 15 is 0 Å². The second-order valence-electron chi connectivity index (χ2n) is 5.06. The molecule has 2 aromatic rings. The van der Waals surface area contributed by atoms with Crippen LogP contribution in [-0.2, 0) is 5.75 Å². The molecule has 106 valence electrons. The first-order valence-electron chi connectivity index (χ1n) is 6.67. The maximum absolute atomic E-state index is 12.8. The van der Waals surface area contributed by atoms with Crippen LogP contribution in [0.15, 0.2) is 33.7 Å². The highest BCUT2D eigenvalue weighted by molar-refractivity contribution is 7.98. The monoisotopic (exact) mass is 293 g/mol. The fourth-order valence-electron chi connectivity index (χ4n) is 2.41. The van der Waals surface area contributed by atoms with Gasteiger partial charge in [-0.15, -0.1) is 11.8 Å². The van der Waals surface area contributed by atoms with E-state index in [9.17, 15) is 4.39 Å². The number of benzene rings is 1. The minimum absolute atomic E-state index is 0.228. The first-order valence-corrected chi connectivity index (χ1v) is 7.65. The maximum atomic E-state index is 12.8. The summed E-state index contributed by atoms with van der Waals surface area (Å²) >= 11 is 1.56. The van der Waals surface area contributed by atoms with Crippen LogP contribution in [0.3, 0.4) is 0 Å². The van der Waals surface area contributed by atoms with Crippen molar-refractivity contribution >= 4 is 11.8 Å². The van der Waals surface area contributed by atoms with Crippen molar-refractivity contribution in [2.24, 2.45) is 5.73 Å². The minimum Gasteiger partial charge on any atom is -0.339 e. The molecule has 0 saturated heterocycles. The smallest absolute Gasteiger partial charge is 0.229 e. The zero-order chi connectivity index (χ0) is 13.9. The molecule has 0 aliphatic heterocycles. The van der Waals surface area contributed by atoms with Crippen molar-refractivity contribution < 1.29 is 8.91 Å². The number of nitrogens with two attached hydrogens (primary N) is 1. The summed E-state index contributed by atoms with van der Waals surface area (Å²) in [5, 5.41) is 4.00. The van der Waals surface area contributed by atoms with Crippen molar-refractivity contribution in [1.82, 2.24) is 10.1 Å². The first kappa shape index (κ1) is 13.6. The Morgan fingerprint density at radius 1 is 1.30 bits per heavy atom. The fraction of sp³-hybridized carbons (Fsp3) is 0.429. The van der Waals surface area contributed by atoms with E-state index in [2.05, 4.69) is 10.1 Å². The number of hydrogen-bond acceptors (Lipinski definition) is 5. The SMILES string of the molecule is N[C@H]1CC[C@@H](c2nc(CSc3ccc(F)cc3)no2)C1. The highest BCUT2D eigenvalue weighted by atomic mass is 32.2. The number of thioether (sulfide) groups is 1. The molecule has 3 rings (SSSR count). The van der Waals surface area contributed by atoms with E-state index in [1.165, 1.54) is 12.1 Å². The van der Waals surface area contributed by atoms with Gasteiger partial charge in [0, 0.05) is 16.9 Å². The summed E-state index contributed by atoms with van der Waals surface area (Å²) in [5.74, 6) is 2.08. The highest BCUT2D eigenvalue weighted by Crippen LogP contribution is 2.33. The van der Waals surface area contributed by atoms with Gasteiger partial charge < -0.3 is 10.3 Å². The molecular weight excluding hydrogens is 277 g/mol. The predicted octanol–water partition coefficient (Wildman–Crippen LogP) is 3.10. The molecule has 0 spiro atoms. The Morgan fingerprint density at radius 2 is 2.10 bits per heavy atom. The molecule has 0 bridgehead atoms. The van der Waals surface area contributed by atoms with Crippen molar-refractivity contribution in [3.8, 4) is 0 Å². The van der Waals surface area contributed by atoms with Gasteiger partial charge in [-0.05, 0) is 43.5 Å².